The topological polar surface area (TPSA) is 78.9 Å². The van der Waals surface area contributed by atoms with Crippen LogP contribution in [-0.4, -0.2) is 37.2 Å². The molecule has 66 heavy (non-hydrogen) atoms. The van der Waals surface area contributed by atoms with Crippen LogP contribution in [0.4, 0.5) is 0 Å². The first-order valence-electron chi connectivity index (χ1n) is 29.3. The van der Waals surface area contributed by atoms with Crippen LogP contribution in [0.3, 0.4) is 0 Å². The van der Waals surface area contributed by atoms with E-state index in [4.69, 9.17) is 14.2 Å². The highest BCUT2D eigenvalue weighted by molar-refractivity contribution is 5.71. The molecular weight excluding hydrogens is 817 g/mol. The van der Waals surface area contributed by atoms with Crippen molar-refractivity contribution in [1.29, 1.82) is 0 Å². The van der Waals surface area contributed by atoms with Crippen LogP contribution in [-0.2, 0) is 28.6 Å². The maximum absolute atomic E-state index is 12.8. The van der Waals surface area contributed by atoms with Gasteiger partial charge in [0.1, 0.15) is 13.2 Å². The molecule has 0 aliphatic heterocycles. The number of allylic oxidation sites excluding steroid dienone is 4. The van der Waals surface area contributed by atoms with Gasteiger partial charge in [0.15, 0.2) is 6.10 Å². The molecule has 1 atom stereocenters. The summed E-state index contributed by atoms with van der Waals surface area (Å²) in [6.07, 6.45) is 64.5. The first-order valence-corrected chi connectivity index (χ1v) is 29.3. The van der Waals surface area contributed by atoms with Crippen LogP contribution in [0.2, 0.25) is 0 Å². The Morgan fingerprint density at radius 1 is 0.303 bits per heavy atom. The van der Waals surface area contributed by atoms with Crippen molar-refractivity contribution in [1.82, 2.24) is 0 Å². The molecule has 0 bridgehead atoms. The summed E-state index contributed by atoms with van der Waals surface area (Å²) in [7, 11) is 0. The second kappa shape index (κ2) is 55.5. The maximum atomic E-state index is 12.8. The monoisotopic (exact) mass is 929 g/mol. The minimum Gasteiger partial charge on any atom is -0.462 e. The van der Waals surface area contributed by atoms with E-state index in [2.05, 4.69) is 45.1 Å². The van der Waals surface area contributed by atoms with Gasteiger partial charge < -0.3 is 14.2 Å². The van der Waals surface area contributed by atoms with Gasteiger partial charge in [-0.3, -0.25) is 14.4 Å². The zero-order valence-electron chi connectivity index (χ0n) is 44.5. The second-order valence-corrected chi connectivity index (χ2v) is 19.9. The average molecular weight is 930 g/mol. The lowest BCUT2D eigenvalue weighted by Gasteiger charge is -2.18. The lowest BCUT2D eigenvalue weighted by atomic mass is 10.0. The van der Waals surface area contributed by atoms with Gasteiger partial charge in [0.05, 0.1) is 0 Å². The number of carbonyl (C=O) groups is 3. The maximum Gasteiger partial charge on any atom is 0.306 e. The number of rotatable bonds is 54. The highest BCUT2D eigenvalue weighted by Gasteiger charge is 2.19. The van der Waals surface area contributed by atoms with E-state index in [1.165, 1.54) is 205 Å². The van der Waals surface area contributed by atoms with Gasteiger partial charge in [-0.05, 0) is 51.4 Å². The zero-order chi connectivity index (χ0) is 47.9. The molecule has 0 fully saturated rings. The van der Waals surface area contributed by atoms with Crippen molar-refractivity contribution < 1.29 is 28.6 Å². The molecule has 0 saturated carbocycles. The van der Waals surface area contributed by atoms with Gasteiger partial charge in [0.2, 0.25) is 0 Å². The van der Waals surface area contributed by atoms with Crippen LogP contribution in [0.5, 0.6) is 0 Å². The lowest BCUT2D eigenvalue weighted by Crippen LogP contribution is -2.30. The molecule has 0 spiro atoms. The molecule has 0 radical (unpaired) electrons. The van der Waals surface area contributed by atoms with Gasteiger partial charge in [0, 0.05) is 19.3 Å². The van der Waals surface area contributed by atoms with Gasteiger partial charge >= 0.3 is 17.9 Å². The summed E-state index contributed by atoms with van der Waals surface area (Å²) in [6.45, 7) is 6.66. The molecule has 0 heterocycles. The summed E-state index contributed by atoms with van der Waals surface area (Å²) in [5, 5.41) is 0. The van der Waals surface area contributed by atoms with Crippen molar-refractivity contribution in [3.63, 3.8) is 0 Å². The Labute approximate surface area is 411 Å². The minimum atomic E-state index is -0.773. The van der Waals surface area contributed by atoms with Gasteiger partial charge in [0.25, 0.3) is 0 Å². The molecule has 0 unspecified atom stereocenters. The highest BCUT2D eigenvalue weighted by Crippen LogP contribution is 2.17. The molecule has 0 aliphatic rings. The third-order valence-corrected chi connectivity index (χ3v) is 13.2. The van der Waals surface area contributed by atoms with Crippen molar-refractivity contribution in [2.24, 2.45) is 0 Å². The highest BCUT2D eigenvalue weighted by atomic mass is 16.6. The van der Waals surface area contributed by atoms with Gasteiger partial charge in [-0.15, -0.1) is 0 Å². The van der Waals surface area contributed by atoms with E-state index >= 15 is 0 Å². The minimum absolute atomic E-state index is 0.0714. The average Bonchev–Trinajstić information content (AvgIpc) is 3.31. The fraction of sp³-hybridized carbons (Fsp3) is 0.883. The van der Waals surface area contributed by atoms with Gasteiger partial charge in [-0.2, -0.15) is 0 Å². The van der Waals surface area contributed by atoms with E-state index in [1.807, 2.05) is 0 Å². The first kappa shape index (κ1) is 63.9. The Hall–Kier alpha value is -2.11. The zero-order valence-corrected chi connectivity index (χ0v) is 44.5. The fourth-order valence-electron chi connectivity index (χ4n) is 8.77. The van der Waals surface area contributed by atoms with Crippen LogP contribution in [0.15, 0.2) is 24.3 Å². The molecular formula is C60H112O6. The molecule has 0 rings (SSSR count). The second-order valence-electron chi connectivity index (χ2n) is 19.9. The number of carbonyl (C=O) groups excluding carboxylic acids is 3. The number of unbranched alkanes of at least 4 members (excludes halogenated alkanes) is 39. The number of hydrogen-bond donors (Lipinski definition) is 0. The summed E-state index contributed by atoms with van der Waals surface area (Å²) >= 11 is 0. The molecule has 0 saturated heterocycles. The Balaban J connectivity index is 4.33. The normalized spacial score (nSPS) is 12.1. The van der Waals surface area contributed by atoms with Crippen molar-refractivity contribution in [2.75, 3.05) is 13.2 Å². The van der Waals surface area contributed by atoms with E-state index in [-0.39, 0.29) is 31.1 Å². The van der Waals surface area contributed by atoms with Crippen molar-refractivity contribution >= 4 is 17.9 Å². The largest absolute Gasteiger partial charge is 0.462 e. The van der Waals surface area contributed by atoms with Crippen LogP contribution in [0.1, 0.15) is 323 Å². The molecule has 0 aromatic rings. The summed E-state index contributed by atoms with van der Waals surface area (Å²) in [4.78, 5) is 38.2. The molecule has 0 N–H and O–H groups in total. The predicted molar refractivity (Wildman–Crippen MR) is 284 cm³/mol. The molecule has 0 aromatic carbocycles. The van der Waals surface area contributed by atoms with Crippen LogP contribution < -0.4 is 0 Å². The number of hydrogen-bond acceptors (Lipinski definition) is 6. The van der Waals surface area contributed by atoms with Crippen molar-refractivity contribution in [3.05, 3.63) is 24.3 Å². The quantitative estimate of drug-likeness (QED) is 0.0262. The fourth-order valence-corrected chi connectivity index (χ4v) is 8.77. The van der Waals surface area contributed by atoms with E-state index in [0.29, 0.717) is 19.3 Å². The first-order chi connectivity index (χ1) is 32.5. The summed E-state index contributed by atoms with van der Waals surface area (Å²) in [5.74, 6) is -0.862. The molecule has 388 valence electrons. The Morgan fingerprint density at radius 2 is 0.545 bits per heavy atom. The van der Waals surface area contributed by atoms with Gasteiger partial charge in [-0.25, -0.2) is 0 Å². The van der Waals surface area contributed by atoms with E-state index in [9.17, 15) is 14.4 Å². The smallest absolute Gasteiger partial charge is 0.306 e. The molecule has 6 heteroatoms. The summed E-state index contributed by atoms with van der Waals surface area (Å²) in [5.41, 5.74) is 0. The van der Waals surface area contributed by atoms with Crippen molar-refractivity contribution in [3.8, 4) is 0 Å². The van der Waals surface area contributed by atoms with Crippen molar-refractivity contribution in [2.45, 2.75) is 329 Å². The Kier molecular flexibility index (Phi) is 53.7. The molecule has 0 aliphatic carbocycles. The summed E-state index contributed by atoms with van der Waals surface area (Å²) < 4.78 is 16.9. The third-order valence-electron chi connectivity index (χ3n) is 13.2. The lowest BCUT2D eigenvalue weighted by molar-refractivity contribution is -0.167. The van der Waals surface area contributed by atoms with Gasteiger partial charge in [-0.1, -0.05) is 276 Å². The predicted octanol–water partition coefficient (Wildman–Crippen LogP) is 19.5. The number of ether oxygens (including phenoxy) is 3. The summed E-state index contributed by atoms with van der Waals surface area (Å²) in [6, 6.07) is 0. The van der Waals surface area contributed by atoms with E-state index < -0.39 is 6.10 Å². The Bertz CT molecular complexity index is 1070. The SMILES string of the molecule is CCCCC/C=C/C/C=C/CCCCCCCC(=O)O[C@H](COC(=O)CCCCCCCCCCCCCCCCC)COC(=O)CCCCCCCCCCCCCCCCCCCC. The molecule has 6 nitrogen and oxygen atoms in total. The van der Waals surface area contributed by atoms with Crippen LogP contribution in [0, 0.1) is 0 Å². The molecule has 0 aromatic heterocycles. The Morgan fingerprint density at radius 3 is 0.864 bits per heavy atom. The van der Waals surface area contributed by atoms with Crippen LogP contribution in [0.25, 0.3) is 0 Å². The standard InChI is InChI=1S/C60H112O6/c1-4-7-10-13-16-19-22-25-28-29-30-33-35-38-41-44-47-50-53-59(62)65-56-57(66-60(63)54-51-48-45-42-39-36-32-27-24-21-18-15-12-9-6-3)55-64-58(61)52-49-46-43-40-37-34-31-26-23-20-17-14-11-8-5-2/h18,21,27,32,57H,4-17,19-20,22-26,28-31,33-56H2,1-3H3/b21-18+,32-27+/t57-/m1/s1. The van der Waals surface area contributed by atoms with Crippen LogP contribution >= 0.6 is 0 Å². The van der Waals surface area contributed by atoms with E-state index in [0.717, 1.165) is 77.0 Å². The number of esters is 3. The van der Waals surface area contributed by atoms with E-state index in [1.54, 1.807) is 0 Å². The third kappa shape index (κ3) is 52.9. The molecule has 0 amide bonds.